The number of amides is 1. The summed E-state index contributed by atoms with van der Waals surface area (Å²) in [5.74, 6) is 1.41. The molecule has 0 fully saturated rings. The van der Waals surface area contributed by atoms with E-state index in [1.165, 1.54) is 7.11 Å². The fourth-order valence-electron chi connectivity index (χ4n) is 3.19. The number of ether oxygens (including phenoxy) is 2. The molecular weight excluding hydrogens is 396 g/mol. The van der Waals surface area contributed by atoms with Gasteiger partial charge in [-0.3, -0.25) is 9.59 Å². The van der Waals surface area contributed by atoms with Gasteiger partial charge in [0.25, 0.3) is 5.56 Å². The van der Waals surface area contributed by atoms with E-state index < -0.39 is 0 Å². The molecule has 0 aliphatic rings. The lowest BCUT2D eigenvalue weighted by Gasteiger charge is -2.20. The van der Waals surface area contributed by atoms with Crippen LogP contribution >= 0.6 is 0 Å². The highest BCUT2D eigenvalue weighted by Gasteiger charge is 2.14. The predicted molar refractivity (Wildman–Crippen MR) is 116 cm³/mol. The number of methoxy groups -OCH3 is 1. The molecular formula is C23H24N4O4. The average Bonchev–Trinajstić information content (AvgIpc) is 2.80. The number of rotatable bonds is 9. The Labute approximate surface area is 180 Å². The maximum absolute atomic E-state index is 12.6. The van der Waals surface area contributed by atoms with Gasteiger partial charge in [0.2, 0.25) is 5.91 Å². The predicted octanol–water partition coefficient (Wildman–Crippen LogP) is 3.01. The zero-order valence-electron chi connectivity index (χ0n) is 17.6. The Morgan fingerprint density at radius 2 is 2.03 bits per heavy atom. The second kappa shape index (κ2) is 10.3. The zero-order valence-corrected chi connectivity index (χ0v) is 17.6. The number of nitrogens with one attached hydrogen (secondary N) is 1. The Morgan fingerprint density at radius 1 is 1.23 bits per heavy atom. The molecule has 3 aromatic rings. The summed E-state index contributed by atoms with van der Waals surface area (Å²) in [6, 6.07) is 14.1. The van der Waals surface area contributed by atoms with Gasteiger partial charge in [0.15, 0.2) is 11.5 Å². The van der Waals surface area contributed by atoms with E-state index in [-0.39, 0.29) is 18.0 Å². The summed E-state index contributed by atoms with van der Waals surface area (Å²) in [4.78, 5) is 33.7. The largest absolute Gasteiger partial charge is 0.493 e. The van der Waals surface area contributed by atoms with Crippen molar-refractivity contribution in [3.63, 3.8) is 0 Å². The minimum absolute atomic E-state index is 0.0475. The van der Waals surface area contributed by atoms with Gasteiger partial charge in [0.1, 0.15) is 5.82 Å². The molecule has 160 valence electrons. The van der Waals surface area contributed by atoms with Crippen molar-refractivity contribution >= 4 is 16.8 Å². The molecule has 1 heterocycles. The summed E-state index contributed by atoms with van der Waals surface area (Å²) < 4.78 is 10.9. The number of benzene rings is 2. The van der Waals surface area contributed by atoms with E-state index >= 15 is 0 Å². The zero-order chi connectivity index (χ0) is 22.2. The molecule has 0 aliphatic heterocycles. The number of nitriles is 1. The Hall–Kier alpha value is -3.86. The fraction of sp³-hybridized carbons (Fsp3) is 0.304. The van der Waals surface area contributed by atoms with Crippen molar-refractivity contribution in [3.05, 3.63) is 64.2 Å². The van der Waals surface area contributed by atoms with Crippen LogP contribution in [0.25, 0.3) is 10.9 Å². The number of aromatic nitrogens is 2. The van der Waals surface area contributed by atoms with Gasteiger partial charge in [-0.1, -0.05) is 12.1 Å². The van der Waals surface area contributed by atoms with E-state index in [1.807, 2.05) is 13.0 Å². The van der Waals surface area contributed by atoms with Crippen LogP contribution in [0.5, 0.6) is 11.5 Å². The van der Waals surface area contributed by atoms with Crippen molar-refractivity contribution in [2.75, 3.05) is 20.3 Å². The van der Waals surface area contributed by atoms with Crippen molar-refractivity contribution in [2.24, 2.45) is 0 Å². The lowest BCUT2D eigenvalue weighted by molar-refractivity contribution is -0.131. The number of hydrogen-bond donors (Lipinski definition) is 1. The molecule has 3 rings (SSSR count). The first kappa shape index (κ1) is 21.8. The molecule has 0 aliphatic carbocycles. The molecule has 1 aromatic heterocycles. The maximum atomic E-state index is 12.6. The maximum Gasteiger partial charge on any atom is 0.258 e. The molecule has 8 nitrogen and oxygen atoms in total. The Kier molecular flexibility index (Phi) is 7.22. The Bertz CT molecular complexity index is 1170. The third kappa shape index (κ3) is 5.39. The first-order valence-electron chi connectivity index (χ1n) is 10.0. The van der Waals surface area contributed by atoms with Gasteiger partial charge in [-0.05, 0) is 37.6 Å². The van der Waals surface area contributed by atoms with Crippen LogP contribution in [0.3, 0.4) is 0 Å². The molecule has 0 saturated heterocycles. The van der Waals surface area contributed by atoms with Crippen LogP contribution in [0, 0.1) is 11.3 Å². The summed E-state index contributed by atoms with van der Waals surface area (Å²) in [6.07, 6.45) is 0.810. The van der Waals surface area contributed by atoms with Crippen LogP contribution in [-0.4, -0.2) is 41.0 Å². The van der Waals surface area contributed by atoms with Crippen LogP contribution in [0.1, 0.15) is 31.2 Å². The smallest absolute Gasteiger partial charge is 0.258 e. The van der Waals surface area contributed by atoms with E-state index in [9.17, 15) is 9.59 Å². The normalized spacial score (nSPS) is 10.5. The highest BCUT2D eigenvalue weighted by Crippen LogP contribution is 2.28. The minimum atomic E-state index is -0.214. The van der Waals surface area contributed by atoms with Crippen LogP contribution in [0.4, 0.5) is 0 Å². The number of hydrogen-bond acceptors (Lipinski definition) is 6. The summed E-state index contributed by atoms with van der Waals surface area (Å²) in [6.45, 7) is 2.95. The molecule has 8 heteroatoms. The number of nitrogens with zero attached hydrogens (tertiary/aromatic N) is 3. The lowest BCUT2D eigenvalue weighted by atomic mass is 10.2. The molecule has 2 aromatic carbocycles. The van der Waals surface area contributed by atoms with Gasteiger partial charge < -0.3 is 19.4 Å². The van der Waals surface area contributed by atoms with Crippen LogP contribution in [-0.2, 0) is 11.3 Å². The number of aromatic amines is 1. The molecule has 0 saturated carbocycles. The van der Waals surface area contributed by atoms with Crippen molar-refractivity contribution in [1.82, 2.24) is 14.9 Å². The van der Waals surface area contributed by atoms with E-state index in [4.69, 9.17) is 14.7 Å². The second-order valence-electron chi connectivity index (χ2n) is 6.87. The third-order valence-corrected chi connectivity index (χ3v) is 4.82. The quantitative estimate of drug-likeness (QED) is 0.533. The van der Waals surface area contributed by atoms with Gasteiger partial charge in [-0.25, -0.2) is 4.98 Å². The van der Waals surface area contributed by atoms with Gasteiger partial charge in [-0.2, -0.15) is 5.26 Å². The highest BCUT2D eigenvalue weighted by atomic mass is 16.5. The number of para-hydroxylation sites is 1. The third-order valence-electron chi connectivity index (χ3n) is 4.82. The number of fused-ring (bicyclic) bond motifs is 1. The fourth-order valence-corrected chi connectivity index (χ4v) is 3.19. The topological polar surface area (TPSA) is 108 Å². The summed E-state index contributed by atoms with van der Waals surface area (Å²) >= 11 is 0. The second-order valence-corrected chi connectivity index (χ2v) is 6.87. The van der Waals surface area contributed by atoms with E-state index in [0.717, 1.165) is 0 Å². The molecule has 0 unspecified atom stereocenters. The molecule has 0 radical (unpaired) electrons. The van der Waals surface area contributed by atoms with Crippen LogP contribution in [0.2, 0.25) is 0 Å². The monoisotopic (exact) mass is 420 g/mol. The Morgan fingerprint density at radius 3 is 2.77 bits per heavy atom. The molecule has 1 N–H and O–H groups in total. The Balaban J connectivity index is 1.56. The minimum Gasteiger partial charge on any atom is -0.493 e. The van der Waals surface area contributed by atoms with Crippen molar-refractivity contribution in [3.8, 4) is 17.6 Å². The molecule has 0 spiro atoms. The van der Waals surface area contributed by atoms with Crippen molar-refractivity contribution < 1.29 is 14.3 Å². The van der Waals surface area contributed by atoms with Gasteiger partial charge in [0, 0.05) is 19.0 Å². The lowest BCUT2D eigenvalue weighted by Crippen LogP contribution is -2.32. The molecule has 1 amide bonds. The van der Waals surface area contributed by atoms with E-state index in [0.29, 0.717) is 59.8 Å². The summed E-state index contributed by atoms with van der Waals surface area (Å²) in [5, 5.41) is 9.48. The standard InChI is InChI=1S/C23H24N4O4/c1-3-27(15-21-25-18-8-5-4-7-17(18)23(29)26-21)22(28)9-6-12-31-19-11-10-16(14-24)13-20(19)30-2/h4-5,7-8,10-11,13H,3,6,9,12,15H2,1-2H3,(H,25,26,29). The summed E-state index contributed by atoms with van der Waals surface area (Å²) in [7, 11) is 1.51. The molecule has 31 heavy (non-hydrogen) atoms. The van der Waals surface area contributed by atoms with Gasteiger partial charge in [0.05, 0.1) is 42.8 Å². The first-order chi connectivity index (χ1) is 15.0. The molecule has 0 atom stereocenters. The highest BCUT2D eigenvalue weighted by molar-refractivity contribution is 5.78. The van der Waals surface area contributed by atoms with Crippen molar-refractivity contribution in [1.29, 1.82) is 5.26 Å². The van der Waals surface area contributed by atoms with E-state index in [2.05, 4.69) is 16.0 Å². The average molecular weight is 420 g/mol. The number of carbonyl (C=O) groups is 1. The first-order valence-corrected chi connectivity index (χ1v) is 10.0. The number of H-pyrrole nitrogens is 1. The van der Waals surface area contributed by atoms with Crippen molar-refractivity contribution in [2.45, 2.75) is 26.3 Å². The van der Waals surface area contributed by atoms with Crippen LogP contribution < -0.4 is 15.0 Å². The SMILES string of the molecule is CCN(Cc1nc2ccccc2c(=O)[nH]1)C(=O)CCCOc1ccc(C#N)cc1OC. The molecule has 0 bridgehead atoms. The van der Waals surface area contributed by atoms with Gasteiger partial charge >= 0.3 is 0 Å². The van der Waals surface area contributed by atoms with Crippen LogP contribution in [0.15, 0.2) is 47.3 Å². The summed E-state index contributed by atoms with van der Waals surface area (Å²) in [5.41, 5.74) is 0.877. The van der Waals surface area contributed by atoms with E-state index in [1.54, 1.807) is 41.3 Å². The number of carbonyl (C=O) groups excluding carboxylic acids is 1. The van der Waals surface area contributed by atoms with Gasteiger partial charge in [-0.15, -0.1) is 0 Å².